The Balaban J connectivity index is 1.69. The zero-order valence-corrected chi connectivity index (χ0v) is 15.8. The zero-order valence-electron chi connectivity index (χ0n) is 15.8. The second kappa shape index (κ2) is 6.48. The number of fused-ring (bicyclic) bond motifs is 4. The summed E-state index contributed by atoms with van der Waals surface area (Å²) in [6.45, 7) is 6.69. The minimum Gasteiger partial charge on any atom is -0.432 e. The predicted octanol–water partition coefficient (Wildman–Crippen LogP) is 1.57. The number of nitrogens with one attached hydrogen (secondary N) is 2. The van der Waals surface area contributed by atoms with Gasteiger partial charge in [0.15, 0.2) is 11.4 Å². The zero-order chi connectivity index (χ0) is 18.3. The smallest absolute Gasteiger partial charge is 0.229 e. The summed E-state index contributed by atoms with van der Waals surface area (Å²) in [5.74, 6) is 0.733. The van der Waals surface area contributed by atoms with Crippen molar-refractivity contribution in [2.24, 2.45) is 0 Å². The largest absolute Gasteiger partial charge is 0.432 e. The van der Waals surface area contributed by atoms with E-state index >= 15 is 0 Å². The van der Waals surface area contributed by atoms with Crippen molar-refractivity contribution in [3.8, 4) is 0 Å². The standard InChI is InChI=1S/C19H25N5O2/c1-19(2)9-14-12(10-25-19)8-13-15-16(26-18(13)23-14)17(22-11-21-15)20-6-5-7-24(3)4/h8,11H,5-7,9-10H2,1-4H3,(H,20,21,22)/p+1. The van der Waals surface area contributed by atoms with Gasteiger partial charge in [0.25, 0.3) is 0 Å². The Bertz CT molecular complexity index is 948. The van der Waals surface area contributed by atoms with Crippen LogP contribution in [0.25, 0.3) is 22.2 Å². The van der Waals surface area contributed by atoms with Gasteiger partial charge in [-0.2, -0.15) is 0 Å². The molecule has 3 aromatic rings. The molecule has 0 saturated carbocycles. The molecule has 7 heteroatoms. The van der Waals surface area contributed by atoms with Crippen LogP contribution in [0.15, 0.2) is 16.8 Å². The second-order valence-corrected chi connectivity index (χ2v) is 7.91. The van der Waals surface area contributed by atoms with Crippen molar-refractivity contribution >= 4 is 28.0 Å². The molecule has 2 N–H and O–H groups in total. The summed E-state index contributed by atoms with van der Waals surface area (Å²) in [5.41, 5.74) is 4.06. The molecule has 0 radical (unpaired) electrons. The Morgan fingerprint density at radius 1 is 1.27 bits per heavy atom. The molecule has 0 aromatic carbocycles. The van der Waals surface area contributed by atoms with Gasteiger partial charge in [-0.25, -0.2) is 15.0 Å². The van der Waals surface area contributed by atoms with Crippen LogP contribution in [0.1, 0.15) is 31.5 Å². The molecule has 0 unspecified atom stereocenters. The summed E-state index contributed by atoms with van der Waals surface area (Å²) in [5, 5.41) is 4.30. The Labute approximate surface area is 152 Å². The van der Waals surface area contributed by atoms with E-state index in [1.807, 2.05) is 0 Å². The molecule has 0 fully saturated rings. The maximum atomic E-state index is 6.05. The van der Waals surface area contributed by atoms with Crippen LogP contribution in [-0.4, -0.2) is 47.7 Å². The van der Waals surface area contributed by atoms with Crippen molar-refractivity contribution in [2.45, 2.75) is 38.9 Å². The molecule has 0 aliphatic carbocycles. The van der Waals surface area contributed by atoms with E-state index in [9.17, 15) is 0 Å². The summed E-state index contributed by atoms with van der Waals surface area (Å²) in [6, 6.07) is 2.10. The van der Waals surface area contributed by atoms with Gasteiger partial charge < -0.3 is 19.4 Å². The Hall–Kier alpha value is -2.25. The van der Waals surface area contributed by atoms with Crippen molar-refractivity contribution < 1.29 is 14.1 Å². The number of furan rings is 1. The number of nitrogens with zero attached hydrogens (tertiary/aromatic N) is 3. The van der Waals surface area contributed by atoms with E-state index in [1.54, 1.807) is 6.33 Å². The van der Waals surface area contributed by atoms with Gasteiger partial charge in [-0.05, 0) is 19.9 Å². The first kappa shape index (κ1) is 17.2. The van der Waals surface area contributed by atoms with Crippen molar-refractivity contribution in [1.82, 2.24) is 15.0 Å². The molecular formula is C19H26N5O2+. The van der Waals surface area contributed by atoms with Gasteiger partial charge in [0.05, 0.1) is 43.9 Å². The van der Waals surface area contributed by atoms with Gasteiger partial charge in [-0.1, -0.05) is 0 Å². The lowest BCUT2D eigenvalue weighted by molar-refractivity contribution is -0.858. The Kier molecular flexibility index (Phi) is 4.28. The van der Waals surface area contributed by atoms with Gasteiger partial charge in [0, 0.05) is 24.9 Å². The van der Waals surface area contributed by atoms with Crippen LogP contribution < -0.4 is 10.2 Å². The van der Waals surface area contributed by atoms with Crippen molar-refractivity contribution in [1.29, 1.82) is 0 Å². The first-order chi connectivity index (χ1) is 12.4. The fourth-order valence-corrected chi connectivity index (χ4v) is 3.36. The second-order valence-electron chi connectivity index (χ2n) is 7.91. The summed E-state index contributed by atoms with van der Waals surface area (Å²) in [6.07, 6.45) is 3.42. The Morgan fingerprint density at radius 2 is 2.12 bits per heavy atom. The van der Waals surface area contributed by atoms with Gasteiger partial charge in [-0.3, -0.25) is 0 Å². The van der Waals surface area contributed by atoms with Crippen molar-refractivity contribution in [2.75, 3.05) is 32.5 Å². The number of hydrogen-bond acceptors (Lipinski definition) is 6. The highest BCUT2D eigenvalue weighted by Gasteiger charge is 2.28. The molecule has 26 heavy (non-hydrogen) atoms. The molecule has 0 amide bonds. The van der Waals surface area contributed by atoms with Crippen LogP contribution >= 0.6 is 0 Å². The monoisotopic (exact) mass is 356 g/mol. The number of ether oxygens (including phenoxy) is 1. The number of quaternary nitrogens is 1. The van der Waals surface area contributed by atoms with Gasteiger partial charge in [-0.15, -0.1) is 0 Å². The van der Waals surface area contributed by atoms with Crippen LogP contribution in [0, 0.1) is 0 Å². The average Bonchev–Trinajstić information content (AvgIpc) is 2.94. The highest BCUT2D eigenvalue weighted by Crippen LogP contribution is 2.34. The minimum absolute atomic E-state index is 0.194. The molecule has 1 aliphatic rings. The molecule has 138 valence electrons. The van der Waals surface area contributed by atoms with Crippen LogP contribution in [0.3, 0.4) is 0 Å². The molecule has 1 aliphatic heterocycles. The van der Waals surface area contributed by atoms with Crippen LogP contribution in [0.5, 0.6) is 0 Å². The van der Waals surface area contributed by atoms with E-state index in [1.165, 1.54) is 4.90 Å². The predicted molar refractivity (Wildman–Crippen MR) is 100 cm³/mol. The topological polar surface area (TPSA) is 77.5 Å². The molecule has 3 aromatic heterocycles. The van der Waals surface area contributed by atoms with Crippen LogP contribution in [0.4, 0.5) is 5.82 Å². The molecule has 0 atom stereocenters. The summed E-state index contributed by atoms with van der Waals surface area (Å²) in [7, 11) is 4.31. The average molecular weight is 356 g/mol. The maximum absolute atomic E-state index is 6.05. The lowest BCUT2D eigenvalue weighted by Crippen LogP contribution is -3.05. The number of anilines is 1. The molecule has 0 saturated heterocycles. The van der Waals surface area contributed by atoms with Gasteiger partial charge in [0.1, 0.15) is 11.8 Å². The van der Waals surface area contributed by atoms with Gasteiger partial charge >= 0.3 is 0 Å². The number of pyridine rings is 1. The molecule has 0 bridgehead atoms. The summed E-state index contributed by atoms with van der Waals surface area (Å²) in [4.78, 5) is 15.0. The molecule has 0 spiro atoms. The number of aromatic nitrogens is 3. The van der Waals surface area contributed by atoms with E-state index in [-0.39, 0.29) is 5.60 Å². The first-order valence-electron chi connectivity index (χ1n) is 9.16. The third kappa shape index (κ3) is 3.24. The normalized spacial score (nSPS) is 16.3. The summed E-state index contributed by atoms with van der Waals surface area (Å²) >= 11 is 0. The van der Waals surface area contributed by atoms with Crippen LogP contribution in [0.2, 0.25) is 0 Å². The third-order valence-electron chi connectivity index (χ3n) is 4.77. The molecule has 7 nitrogen and oxygen atoms in total. The van der Waals surface area contributed by atoms with E-state index in [0.717, 1.165) is 53.9 Å². The molecule has 4 heterocycles. The SMILES string of the molecule is C[NH+](C)CCCNc1ncnc2c1oc1nc3c(cc12)COC(C)(C)C3. The van der Waals surface area contributed by atoms with Crippen molar-refractivity contribution in [3.05, 3.63) is 23.7 Å². The van der Waals surface area contributed by atoms with E-state index in [0.29, 0.717) is 17.9 Å². The van der Waals surface area contributed by atoms with E-state index in [2.05, 4.69) is 49.3 Å². The highest BCUT2D eigenvalue weighted by molar-refractivity contribution is 6.04. The van der Waals surface area contributed by atoms with Gasteiger partial charge in [0.2, 0.25) is 5.71 Å². The lowest BCUT2D eigenvalue weighted by atomic mass is 9.95. The number of hydrogen-bond donors (Lipinski definition) is 2. The molecule has 4 rings (SSSR count). The maximum Gasteiger partial charge on any atom is 0.229 e. The fraction of sp³-hybridized carbons (Fsp3) is 0.526. The highest BCUT2D eigenvalue weighted by atomic mass is 16.5. The number of rotatable bonds is 5. The summed E-state index contributed by atoms with van der Waals surface area (Å²) < 4.78 is 12.0. The molecular weight excluding hydrogens is 330 g/mol. The van der Waals surface area contributed by atoms with Crippen molar-refractivity contribution in [3.63, 3.8) is 0 Å². The van der Waals surface area contributed by atoms with Crippen LogP contribution in [-0.2, 0) is 17.8 Å². The Morgan fingerprint density at radius 3 is 2.92 bits per heavy atom. The fourth-order valence-electron chi connectivity index (χ4n) is 3.36. The van der Waals surface area contributed by atoms with E-state index < -0.39 is 0 Å². The first-order valence-corrected chi connectivity index (χ1v) is 9.16. The quantitative estimate of drug-likeness (QED) is 0.676. The third-order valence-corrected chi connectivity index (χ3v) is 4.77. The lowest BCUT2D eigenvalue weighted by Gasteiger charge is -2.30. The minimum atomic E-state index is -0.194. The van der Waals surface area contributed by atoms with E-state index in [4.69, 9.17) is 14.1 Å².